The zero-order valence-electron chi connectivity index (χ0n) is 22.2. The molecular formula is C26H34BrN5O5. The van der Waals surface area contributed by atoms with E-state index in [0.29, 0.717) is 41.5 Å². The predicted molar refractivity (Wildman–Crippen MR) is 146 cm³/mol. The quantitative estimate of drug-likeness (QED) is 0.481. The lowest BCUT2D eigenvalue weighted by Crippen LogP contribution is -2.31. The van der Waals surface area contributed by atoms with Gasteiger partial charge in [-0.05, 0) is 36.6 Å². The highest BCUT2D eigenvalue weighted by atomic mass is 79.9. The van der Waals surface area contributed by atoms with Crippen LogP contribution >= 0.6 is 17.0 Å². The first-order chi connectivity index (χ1) is 16.9. The lowest BCUT2D eigenvalue weighted by molar-refractivity contribution is 0.0949. The van der Waals surface area contributed by atoms with Crippen molar-refractivity contribution in [1.82, 2.24) is 20.1 Å². The Morgan fingerprint density at radius 1 is 1.16 bits per heavy atom. The van der Waals surface area contributed by atoms with Gasteiger partial charge in [0.2, 0.25) is 0 Å². The van der Waals surface area contributed by atoms with Crippen molar-refractivity contribution in [3.63, 3.8) is 0 Å². The van der Waals surface area contributed by atoms with Crippen LogP contribution in [0.4, 0.5) is 4.79 Å². The Kier molecular flexibility index (Phi) is 9.43. The molecule has 1 aromatic carbocycles. The number of halogens is 1. The van der Waals surface area contributed by atoms with Gasteiger partial charge in [0.05, 0.1) is 13.2 Å². The van der Waals surface area contributed by atoms with Crippen LogP contribution in [0.1, 0.15) is 65.4 Å². The number of benzene rings is 1. The highest BCUT2D eigenvalue weighted by molar-refractivity contribution is 8.93. The van der Waals surface area contributed by atoms with Gasteiger partial charge in [-0.1, -0.05) is 20.8 Å². The number of fused-ring (bicyclic) bond motifs is 1. The molecule has 0 aliphatic carbocycles. The molecule has 0 spiro atoms. The van der Waals surface area contributed by atoms with E-state index in [0.717, 1.165) is 5.56 Å². The number of Topliss-reactive ketones (excluding diaryl/α,β-unsaturated/α-hetero) is 1. The molecule has 10 nitrogen and oxygen atoms in total. The Hall–Kier alpha value is -3.47. The van der Waals surface area contributed by atoms with Gasteiger partial charge in [-0.3, -0.25) is 15.0 Å². The summed E-state index contributed by atoms with van der Waals surface area (Å²) in [5, 5.41) is 11.1. The summed E-state index contributed by atoms with van der Waals surface area (Å²) in [6, 6.07) is 6.70. The van der Waals surface area contributed by atoms with Crippen molar-refractivity contribution in [3.8, 4) is 11.5 Å². The fourth-order valence-corrected chi connectivity index (χ4v) is 3.80. The molecule has 3 rings (SSSR count). The third kappa shape index (κ3) is 6.46. The predicted octanol–water partition coefficient (Wildman–Crippen LogP) is 3.80. The van der Waals surface area contributed by atoms with Crippen molar-refractivity contribution in [1.29, 1.82) is 5.41 Å². The SMILES string of the molecule is Br.CCOc1cc2c(nc1C(=O)NC)C(=N)N(CC(=O)c1ccc(OC(=O)N(C)C)c(C(C)(C)C)c1)C2. The first kappa shape index (κ1) is 29.8. The molecule has 0 unspecified atom stereocenters. The molecule has 2 heterocycles. The Labute approximate surface area is 227 Å². The first-order valence-electron chi connectivity index (χ1n) is 11.7. The number of rotatable bonds is 7. The van der Waals surface area contributed by atoms with E-state index in [4.69, 9.17) is 14.9 Å². The molecular weight excluding hydrogens is 542 g/mol. The van der Waals surface area contributed by atoms with Gasteiger partial charge < -0.3 is 24.6 Å². The van der Waals surface area contributed by atoms with E-state index in [1.807, 2.05) is 27.7 Å². The topological polar surface area (TPSA) is 125 Å². The summed E-state index contributed by atoms with van der Waals surface area (Å²) in [6.45, 7) is 8.35. The summed E-state index contributed by atoms with van der Waals surface area (Å²) in [7, 11) is 4.70. The van der Waals surface area contributed by atoms with Crippen molar-refractivity contribution < 1.29 is 23.9 Å². The monoisotopic (exact) mass is 575 g/mol. The number of amidine groups is 1. The minimum atomic E-state index is -0.502. The number of ketones is 1. The average Bonchev–Trinajstić information content (AvgIpc) is 3.11. The Morgan fingerprint density at radius 3 is 2.41 bits per heavy atom. The van der Waals surface area contributed by atoms with Crippen LogP contribution in [0.3, 0.4) is 0 Å². The molecule has 0 saturated heterocycles. The lowest BCUT2D eigenvalue weighted by atomic mass is 9.85. The van der Waals surface area contributed by atoms with E-state index in [1.165, 1.54) is 11.9 Å². The molecule has 2 aromatic rings. The summed E-state index contributed by atoms with van der Waals surface area (Å²) in [4.78, 5) is 45.0. The van der Waals surface area contributed by atoms with Gasteiger partial charge in [-0.2, -0.15) is 0 Å². The van der Waals surface area contributed by atoms with Crippen LogP contribution in [0.5, 0.6) is 11.5 Å². The normalized spacial score (nSPS) is 12.4. The number of hydrogen-bond acceptors (Lipinski definition) is 7. The fourth-order valence-electron chi connectivity index (χ4n) is 3.80. The number of aromatic nitrogens is 1. The molecule has 1 aliphatic heterocycles. The second kappa shape index (κ2) is 11.7. The number of carbonyl (C=O) groups excluding carboxylic acids is 3. The van der Waals surface area contributed by atoms with E-state index in [-0.39, 0.29) is 46.3 Å². The minimum Gasteiger partial charge on any atom is -0.491 e. The fraction of sp³-hybridized carbons (Fsp3) is 0.423. The van der Waals surface area contributed by atoms with Crippen LogP contribution in [-0.4, -0.2) is 72.7 Å². The molecule has 0 saturated carbocycles. The average molecular weight is 576 g/mol. The molecule has 200 valence electrons. The molecule has 1 aromatic heterocycles. The first-order valence-corrected chi connectivity index (χ1v) is 11.7. The summed E-state index contributed by atoms with van der Waals surface area (Å²) >= 11 is 0. The van der Waals surface area contributed by atoms with E-state index >= 15 is 0 Å². The Morgan fingerprint density at radius 2 is 1.84 bits per heavy atom. The smallest absolute Gasteiger partial charge is 0.414 e. The van der Waals surface area contributed by atoms with Crippen LogP contribution in [0, 0.1) is 5.41 Å². The van der Waals surface area contributed by atoms with Crippen LogP contribution in [0.15, 0.2) is 24.3 Å². The van der Waals surface area contributed by atoms with Gasteiger partial charge in [-0.25, -0.2) is 9.78 Å². The van der Waals surface area contributed by atoms with Crippen LogP contribution in [0.2, 0.25) is 0 Å². The van der Waals surface area contributed by atoms with Crippen LogP contribution in [0.25, 0.3) is 0 Å². The standard InChI is InChI=1S/C26H33N5O5.BrH/c1-8-35-20-12-16-13-31(23(27)21(16)29-22(20)24(33)28-5)14-18(32)15-9-10-19(36-25(34)30(6)7)17(11-15)26(2,3)4;/h9-12,27H,8,13-14H2,1-7H3,(H,28,33);1H. The number of amides is 2. The van der Waals surface area contributed by atoms with Crippen molar-refractivity contribution in [2.45, 2.75) is 39.7 Å². The van der Waals surface area contributed by atoms with E-state index in [9.17, 15) is 14.4 Å². The maximum absolute atomic E-state index is 13.2. The molecule has 0 fully saturated rings. The van der Waals surface area contributed by atoms with Crippen LogP contribution < -0.4 is 14.8 Å². The van der Waals surface area contributed by atoms with Gasteiger partial charge in [0.1, 0.15) is 17.3 Å². The number of nitrogens with zero attached hydrogens (tertiary/aromatic N) is 3. The molecule has 2 amide bonds. The highest BCUT2D eigenvalue weighted by Gasteiger charge is 2.31. The zero-order chi connectivity index (χ0) is 26.8. The molecule has 37 heavy (non-hydrogen) atoms. The number of carbonyl (C=O) groups is 3. The molecule has 0 radical (unpaired) electrons. The maximum Gasteiger partial charge on any atom is 0.414 e. The number of hydrogen-bond donors (Lipinski definition) is 2. The van der Waals surface area contributed by atoms with E-state index in [1.54, 1.807) is 43.3 Å². The van der Waals surface area contributed by atoms with Gasteiger partial charge >= 0.3 is 6.09 Å². The number of nitrogens with one attached hydrogen (secondary N) is 2. The van der Waals surface area contributed by atoms with Gasteiger partial charge in [0.15, 0.2) is 17.2 Å². The number of ether oxygens (including phenoxy) is 2. The highest BCUT2D eigenvalue weighted by Crippen LogP contribution is 2.33. The zero-order valence-corrected chi connectivity index (χ0v) is 23.9. The van der Waals surface area contributed by atoms with Crippen LogP contribution in [-0.2, 0) is 12.0 Å². The van der Waals surface area contributed by atoms with E-state index < -0.39 is 12.0 Å². The molecule has 1 aliphatic rings. The van der Waals surface area contributed by atoms with Gasteiger partial charge in [-0.15, -0.1) is 17.0 Å². The third-order valence-corrected chi connectivity index (χ3v) is 5.72. The maximum atomic E-state index is 13.2. The van der Waals surface area contributed by atoms with Crippen molar-refractivity contribution in [3.05, 3.63) is 52.3 Å². The van der Waals surface area contributed by atoms with Gasteiger partial charge in [0, 0.05) is 44.4 Å². The van der Waals surface area contributed by atoms with E-state index in [2.05, 4.69) is 10.3 Å². The van der Waals surface area contributed by atoms with Crippen molar-refractivity contribution >= 4 is 40.6 Å². The molecule has 0 bridgehead atoms. The number of pyridine rings is 1. The summed E-state index contributed by atoms with van der Waals surface area (Å²) < 4.78 is 11.1. The third-order valence-electron chi connectivity index (χ3n) is 5.72. The second-order valence-corrected chi connectivity index (χ2v) is 9.71. The Balaban J connectivity index is 0.00000481. The molecule has 11 heteroatoms. The lowest BCUT2D eigenvalue weighted by Gasteiger charge is -2.24. The largest absolute Gasteiger partial charge is 0.491 e. The van der Waals surface area contributed by atoms with Gasteiger partial charge in [0.25, 0.3) is 5.91 Å². The van der Waals surface area contributed by atoms with Crippen molar-refractivity contribution in [2.24, 2.45) is 0 Å². The summed E-state index contributed by atoms with van der Waals surface area (Å²) in [5.41, 5.74) is 1.96. The summed E-state index contributed by atoms with van der Waals surface area (Å²) in [5.74, 6) is 0.204. The molecule has 2 N–H and O–H groups in total. The molecule has 0 atom stereocenters. The second-order valence-electron chi connectivity index (χ2n) is 9.71. The van der Waals surface area contributed by atoms with Crippen molar-refractivity contribution in [2.75, 3.05) is 34.3 Å². The Bertz CT molecular complexity index is 1220. The summed E-state index contributed by atoms with van der Waals surface area (Å²) in [6.07, 6.45) is -0.502. The minimum absolute atomic E-state index is 0.